The van der Waals surface area contributed by atoms with Gasteiger partial charge in [-0.2, -0.15) is 0 Å². The Kier molecular flexibility index (Phi) is 6.20. The van der Waals surface area contributed by atoms with Gasteiger partial charge in [-0.15, -0.1) is 0 Å². The van der Waals surface area contributed by atoms with Gasteiger partial charge in [0.15, 0.2) is 0 Å². The molecule has 124 valence electrons. The zero-order valence-electron chi connectivity index (χ0n) is 14.5. The van der Waals surface area contributed by atoms with Gasteiger partial charge in [0.1, 0.15) is 23.2 Å². The maximum atomic E-state index is 5.65. The minimum Gasteiger partial charge on any atom is -0.492 e. The van der Waals surface area contributed by atoms with E-state index in [4.69, 9.17) is 4.74 Å². The molecule has 5 nitrogen and oxygen atoms in total. The Hall–Kier alpha value is -2.30. The third kappa shape index (κ3) is 4.84. The number of hydrogen-bond acceptors (Lipinski definition) is 5. The minimum absolute atomic E-state index is 0.631. The standard InChI is InChI=1S/C18H26N4O/c1-5-7-12-22(4)18-13-17(19-14(3)20-18)21-15-10-8-9-11-16(15)23-6-2/h8-11,13H,5-7,12H2,1-4H3,(H,19,20,21). The summed E-state index contributed by atoms with van der Waals surface area (Å²) in [6.07, 6.45) is 2.32. The maximum Gasteiger partial charge on any atom is 0.142 e. The van der Waals surface area contributed by atoms with Gasteiger partial charge < -0.3 is 15.0 Å². The molecule has 0 bridgehead atoms. The lowest BCUT2D eigenvalue weighted by Gasteiger charge is -2.19. The van der Waals surface area contributed by atoms with Crippen molar-refractivity contribution < 1.29 is 4.74 Å². The molecule has 0 unspecified atom stereocenters. The molecule has 0 spiro atoms. The van der Waals surface area contributed by atoms with Gasteiger partial charge in [-0.25, -0.2) is 9.97 Å². The van der Waals surface area contributed by atoms with Crippen LogP contribution >= 0.6 is 0 Å². The quantitative estimate of drug-likeness (QED) is 0.792. The highest BCUT2D eigenvalue weighted by atomic mass is 16.5. The second-order valence-corrected chi connectivity index (χ2v) is 5.49. The predicted molar refractivity (Wildman–Crippen MR) is 95.8 cm³/mol. The average Bonchev–Trinajstić information content (AvgIpc) is 2.54. The van der Waals surface area contributed by atoms with Crippen molar-refractivity contribution in [3.05, 3.63) is 36.2 Å². The summed E-state index contributed by atoms with van der Waals surface area (Å²) in [5, 5.41) is 3.35. The Balaban J connectivity index is 2.22. The van der Waals surface area contributed by atoms with E-state index in [1.807, 2.05) is 44.2 Å². The molecule has 1 N–H and O–H groups in total. The van der Waals surface area contributed by atoms with E-state index in [-0.39, 0.29) is 0 Å². The molecule has 0 aliphatic carbocycles. The summed E-state index contributed by atoms with van der Waals surface area (Å²) in [6.45, 7) is 7.70. The van der Waals surface area contributed by atoms with E-state index < -0.39 is 0 Å². The fraction of sp³-hybridized carbons (Fsp3) is 0.444. The topological polar surface area (TPSA) is 50.3 Å². The van der Waals surface area contributed by atoms with E-state index >= 15 is 0 Å². The molecule has 0 saturated heterocycles. The fourth-order valence-corrected chi connectivity index (χ4v) is 2.31. The third-order valence-electron chi connectivity index (χ3n) is 3.51. The van der Waals surface area contributed by atoms with Crippen LogP contribution in [0.3, 0.4) is 0 Å². The molecule has 0 amide bonds. The van der Waals surface area contributed by atoms with Gasteiger partial charge in [0.25, 0.3) is 0 Å². The number of aromatic nitrogens is 2. The van der Waals surface area contributed by atoms with Crippen LogP contribution in [0.5, 0.6) is 5.75 Å². The predicted octanol–water partition coefficient (Wildman–Crippen LogP) is 4.16. The van der Waals surface area contributed by atoms with Crippen LogP contribution < -0.4 is 15.0 Å². The molecule has 5 heteroatoms. The van der Waals surface area contributed by atoms with Gasteiger partial charge in [0.05, 0.1) is 12.3 Å². The first-order valence-corrected chi connectivity index (χ1v) is 8.19. The lowest BCUT2D eigenvalue weighted by atomic mass is 10.3. The molecule has 1 aromatic carbocycles. The highest BCUT2D eigenvalue weighted by molar-refractivity contribution is 5.65. The number of unbranched alkanes of at least 4 members (excludes halogenated alkanes) is 1. The molecule has 0 saturated carbocycles. The van der Waals surface area contributed by atoms with Crippen LogP contribution in [0.2, 0.25) is 0 Å². The van der Waals surface area contributed by atoms with Crippen molar-refractivity contribution in [2.24, 2.45) is 0 Å². The average molecular weight is 314 g/mol. The highest BCUT2D eigenvalue weighted by Gasteiger charge is 2.09. The number of benzene rings is 1. The number of hydrogen-bond donors (Lipinski definition) is 1. The molecule has 1 heterocycles. The number of para-hydroxylation sites is 2. The van der Waals surface area contributed by atoms with Crippen molar-refractivity contribution >= 4 is 17.3 Å². The Morgan fingerprint density at radius 1 is 1.17 bits per heavy atom. The summed E-state index contributed by atoms with van der Waals surface area (Å²) in [5.41, 5.74) is 0.912. The first-order valence-electron chi connectivity index (χ1n) is 8.19. The van der Waals surface area contributed by atoms with Crippen LogP contribution in [0.4, 0.5) is 17.3 Å². The Labute approximate surface area is 138 Å². The van der Waals surface area contributed by atoms with Gasteiger partial charge in [0, 0.05) is 19.7 Å². The number of anilines is 3. The second-order valence-electron chi connectivity index (χ2n) is 5.49. The van der Waals surface area contributed by atoms with Gasteiger partial charge in [-0.3, -0.25) is 0 Å². The first kappa shape index (κ1) is 17.1. The largest absolute Gasteiger partial charge is 0.492 e. The second kappa shape index (κ2) is 8.36. The number of ether oxygens (including phenoxy) is 1. The molecular weight excluding hydrogens is 288 g/mol. The van der Waals surface area contributed by atoms with E-state index in [9.17, 15) is 0 Å². The summed E-state index contributed by atoms with van der Waals surface area (Å²) in [5.74, 6) is 3.29. The van der Waals surface area contributed by atoms with Crippen molar-refractivity contribution in [3.8, 4) is 5.75 Å². The van der Waals surface area contributed by atoms with Crippen LogP contribution in [0.1, 0.15) is 32.5 Å². The normalized spacial score (nSPS) is 10.4. The lowest BCUT2D eigenvalue weighted by molar-refractivity contribution is 0.342. The van der Waals surface area contributed by atoms with Gasteiger partial charge in [0.2, 0.25) is 0 Å². The zero-order valence-corrected chi connectivity index (χ0v) is 14.5. The van der Waals surface area contributed by atoms with E-state index in [2.05, 4.69) is 34.2 Å². The summed E-state index contributed by atoms with van der Waals surface area (Å²) < 4.78 is 5.65. The highest BCUT2D eigenvalue weighted by Crippen LogP contribution is 2.27. The molecule has 1 aromatic heterocycles. The smallest absolute Gasteiger partial charge is 0.142 e. The van der Waals surface area contributed by atoms with E-state index in [0.29, 0.717) is 6.61 Å². The SMILES string of the molecule is CCCCN(C)c1cc(Nc2ccccc2OCC)nc(C)n1. The number of nitrogens with zero attached hydrogens (tertiary/aromatic N) is 3. The summed E-state index contributed by atoms with van der Waals surface area (Å²) >= 11 is 0. The molecule has 0 aliphatic rings. The molecule has 0 atom stereocenters. The zero-order chi connectivity index (χ0) is 16.7. The van der Waals surface area contributed by atoms with Crippen LogP contribution in [0, 0.1) is 6.92 Å². The van der Waals surface area contributed by atoms with E-state index in [1.54, 1.807) is 0 Å². The molecular formula is C18H26N4O. The lowest BCUT2D eigenvalue weighted by Crippen LogP contribution is -2.20. The molecule has 0 aliphatic heterocycles. The van der Waals surface area contributed by atoms with Crippen molar-refractivity contribution in [2.75, 3.05) is 30.4 Å². The van der Waals surface area contributed by atoms with Crippen molar-refractivity contribution in [1.82, 2.24) is 9.97 Å². The van der Waals surface area contributed by atoms with E-state index in [0.717, 1.165) is 41.9 Å². The summed E-state index contributed by atoms with van der Waals surface area (Å²) in [6, 6.07) is 9.86. The van der Waals surface area contributed by atoms with Crippen LogP contribution in [0.25, 0.3) is 0 Å². The number of nitrogens with one attached hydrogen (secondary N) is 1. The Bertz CT molecular complexity index is 630. The van der Waals surface area contributed by atoms with E-state index in [1.165, 1.54) is 6.42 Å². The van der Waals surface area contributed by atoms with Crippen LogP contribution in [-0.4, -0.2) is 30.2 Å². The molecule has 2 rings (SSSR count). The summed E-state index contributed by atoms with van der Waals surface area (Å²) in [4.78, 5) is 11.2. The van der Waals surface area contributed by atoms with Gasteiger partial charge in [-0.1, -0.05) is 25.5 Å². The van der Waals surface area contributed by atoms with Gasteiger partial charge >= 0.3 is 0 Å². The van der Waals surface area contributed by atoms with Crippen LogP contribution in [-0.2, 0) is 0 Å². The first-order chi connectivity index (χ1) is 11.1. The minimum atomic E-state index is 0.631. The number of rotatable bonds is 8. The van der Waals surface area contributed by atoms with Crippen LogP contribution in [0.15, 0.2) is 30.3 Å². The van der Waals surface area contributed by atoms with Crippen molar-refractivity contribution in [3.63, 3.8) is 0 Å². The van der Waals surface area contributed by atoms with Crippen molar-refractivity contribution in [1.29, 1.82) is 0 Å². The third-order valence-corrected chi connectivity index (χ3v) is 3.51. The van der Waals surface area contributed by atoms with Crippen molar-refractivity contribution in [2.45, 2.75) is 33.6 Å². The Morgan fingerprint density at radius 2 is 1.96 bits per heavy atom. The molecule has 0 radical (unpaired) electrons. The monoisotopic (exact) mass is 314 g/mol. The molecule has 0 fully saturated rings. The Morgan fingerprint density at radius 3 is 2.70 bits per heavy atom. The fourth-order valence-electron chi connectivity index (χ4n) is 2.31. The molecule has 23 heavy (non-hydrogen) atoms. The number of aryl methyl sites for hydroxylation is 1. The summed E-state index contributed by atoms with van der Waals surface area (Å²) in [7, 11) is 2.06. The van der Waals surface area contributed by atoms with Gasteiger partial charge in [-0.05, 0) is 32.4 Å². The maximum absolute atomic E-state index is 5.65. The molecule has 2 aromatic rings.